The number of esters is 5. The van der Waals surface area contributed by atoms with E-state index in [4.69, 9.17) is 33.2 Å². The minimum atomic E-state index is -0.820. The summed E-state index contributed by atoms with van der Waals surface area (Å²) in [4.78, 5) is 63.5. The Bertz CT molecular complexity index is 1790. The molecular weight excluding hydrogens is 997 g/mol. The van der Waals surface area contributed by atoms with Crippen molar-refractivity contribution < 1.29 is 57.1 Å². The van der Waals surface area contributed by atoms with Crippen molar-refractivity contribution in [2.45, 2.75) is 304 Å². The second-order valence-electron chi connectivity index (χ2n) is 22.4. The smallest absolute Gasteiger partial charge is 0.342 e. The molecule has 12 heteroatoms. The molecule has 1 aliphatic rings. The van der Waals surface area contributed by atoms with Gasteiger partial charge in [0.15, 0.2) is 6.10 Å². The Labute approximate surface area is 480 Å². The Morgan fingerprint density at radius 3 is 1.37 bits per heavy atom. The van der Waals surface area contributed by atoms with E-state index in [1.165, 1.54) is 128 Å². The number of allylic oxidation sites excluding steroid dienone is 2. The van der Waals surface area contributed by atoms with Crippen molar-refractivity contribution >= 4 is 29.8 Å². The van der Waals surface area contributed by atoms with Crippen LogP contribution < -0.4 is 9.47 Å². The fourth-order valence-corrected chi connectivity index (χ4v) is 10.3. The molecule has 0 N–H and O–H groups in total. The number of carbonyl (C=O) groups excluding carboxylic acids is 5. The Balaban J connectivity index is 1.62. The van der Waals surface area contributed by atoms with Gasteiger partial charge in [-0.05, 0) is 57.9 Å². The predicted molar refractivity (Wildman–Crippen MR) is 319 cm³/mol. The molecule has 1 aliphatic heterocycles. The average molecular weight is 1110 g/mol. The van der Waals surface area contributed by atoms with Gasteiger partial charge in [-0.25, -0.2) is 4.79 Å². The molecule has 2 rings (SSSR count). The normalized spacial score (nSPS) is 12.1. The van der Waals surface area contributed by atoms with Gasteiger partial charge in [-0.1, -0.05) is 237 Å². The van der Waals surface area contributed by atoms with Crippen LogP contribution in [0.2, 0.25) is 0 Å². The number of methoxy groups -OCH3 is 1. The average Bonchev–Trinajstić information content (AvgIpc) is 4.13. The molecule has 0 fully saturated rings. The highest BCUT2D eigenvalue weighted by atomic mass is 16.6. The first-order valence-electron chi connectivity index (χ1n) is 32.0. The summed E-state index contributed by atoms with van der Waals surface area (Å²) < 4.78 is 39.5. The molecule has 0 saturated heterocycles. The highest BCUT2D eigenvalue weighted by molar-refractivity contribution is 5.98. The lowest BCUT2D eigenvalue weighted by molar-refractivity contribution is -0.167. The van der Waals surface area contributed by atoms with E-state index >= 15 is 0 Å². The fourth-order valence-electron chi connectivity index (χ4n) is 10.3. The van der Waals surface area contributed by atoms with E-state index in [0.29, 0.717) is 55.8 Å². The Kier molecular flexibility index (Phi) is 43.3. The molecule has 0 saturated carbocycles. The van der Waals surface area contributed by atoms with Crippen molar-refractivity contribution in [1.29, 1.82) is 0 Å². The number of hydrogen-bond donors (Lipinski definition) is 0. The highest BCUT2D eigenvalue weighted by Crippen LogP contribution is 2.43. The van der Waals surface area contributed by atoms with Crippen LogP contribution in [0.4, 0.5) is 0 Å². The number of hydrogen-bond acceptors (Lipinski definition) is 12. The van der Waals surface area contributed by atoms with Gasteiger partial charge in [0.25, 0.3) is 0 Å². The number of ether oxygens (including phenoxy) is 7. The van der Waals surface area contributed by atoms with E-state index in [2.05, 4.69) is 20.4 Å². The zero-order chi connectivity index (χ0) is 57.4. The van der Waals surface area contributed by atoms with Gasteiger partial charge >= 0.3 is 29.8 Å². The van der Waals surface area contributed by atoms with Crippen LogP contribution in [-0.4, -0.2) is 69.5 Å². The minimum absolute atomic E-state index is 0.111. The van der Waals surface area contributed by atoms with Gasteiger partial charge in [0.1, 0.15) is 43.5 Å². The molecule has 0 aliphatic carbocycles. The molecular formula is C67H112O12. The standard InChI is InChI=1S/C67H112O12/c1-7-10-12-14-16-18-20-22-24-27-31-35-39-43-60(68)76-52-57(53-77-61(69)44-40-36-32-28-25-23-21-19-17-15-13-11-8-2)79-63(71)45-41-37-33-29-26-30-34-38-42-51-74-62(70)49-47-55(4)46-48-58-65(73-6)56(5)59-54-78-67(72)64(59)66(58)75-50-9-3/h9,46,57H,3,7-8,10-45,47-54H2,1-2,4-6H3/b55-46+. The van der Waals surface area contributed by atoms with Crippen molar-refractivity contribution in [3.05, 3.63) is 46.6 Å². The second kappa shape index (κ2) is 48.4. The van der Waals surface area contributed by atoms with Crippen molar-refractivity contribution in [2.75, 3.05) is 33.5 Å². The molecule has 452 valence electrons. The molecule has 0 amide bonds. The Morgan fingerprint density at radius 1 is 0.532 bits per heavy atom. The van der Waals surface area contributed by atoms with Crippen LogP contribution >= 0.6 is 0 Å². The lowest BCUT2D eigenvalue weighted by Crippen LogP contribution is -2.30. The third-order valence-electron chi connectivity index (χ3n) is 15.3. The lowest BCUT2D eigenvalue weighted by atomic mass is 9.94. The first-order chi connectivity index (χ1) is 38.6. The van der Waals surface area contributed by atoms with Crippen LogP contribution in [0.1, 0.15) is 305 Å². The molecule has 0 aromatic heterocycles. The number of carbonyl (C=O) groups is 5. The van der Waals surface area contributed by atoms with E-state index < -0.39 is 12.1 Å². The lowest BCUT2D eigenvalue weighted by Gasteiger charge is -2.19. The van der Waals surface area contributed by atoms with Crippen LogP contribution in [0.25, 0.3) is 0 Å². The number of fused-ring (bicyclic) bond motifs is 1. The topological polar surface area (TPSA) is 150 Å². The van der Waals surface area contributed by atoms with Crippen LogP contribution in [0.5, 0.6) is 11.5 Å². The largest absolute Gasteiger partial charge is 0.496 e. The quantitative estimate of drug-likeness (QED) is 0.0264. The van der Waals surface area contributed by atoms with Gasteiger partial charge < -0.3 is 33.2 Å². The molecule has 0 radical (unpaired) electrons. The van der Waals surface area contributed by atoms with Gasteiger partial charge in [-0.15, -0.1) is 0 Å². The predicted octanol–water partition coefficient (Wildman–Crippen LogP) is 17.9. The zero-order valence-electron chi connectivity index (χ0n) is 50.9. The zero-order valence-corrected chi connectivity index (χ0v) is 50.9. The first-order valence-corrected chi connectivity index (χ1v) is 32.0. The number of rotatable bonds is 54. The number of cyclic esters (lactones) is 1. The van der Waals surface area contributed by atoms with E-state index in [1.54, 1.807) is 13.2 Å². The SMILES string of the molecule is C=CCOc1c(C/C=C(\C)CCC(=O)OCCCCCCCCCCCC(=O)OC(COC(=O)CCCCCCCCCCCCCCC)COC(=O)CCCCCCCCCCCCCCC)c(OC)c(C)c2c1C(=O)OC2. The number of benzene rings is 1. The molecule has 0 unspecified atom stereocenters. The first kappa shape index (κ1) is 70.8. The summed E-state index contributed by atoms with van der Waals surface area (Å²) >= 11 is 0. The number of unbranched alkanes of at least 4 members (excludes halogenated alkanes) is 32. The second-order valence-corrected chi connectivity index (χ2v) is 22.4. The third kappa shape index (κ3) is 35.2. The summed E-state index contributed by atoms with van der Waals surface area (Å²) in [7, 11) is 1.61. The highest BCUT2D eigenvalue weighted by Gasteiger charge is 2.33. The van der Waals surface area contributed by atoms with Gasteiger partial charge in [0.05, 0.1) is 13.7 Å². The molecule has 79 heavy (non-hydrogen) atoms. The van der Waals surface area contributed by atoms with Crippen LogP contribution in [0.15, 0.2) is 24.3 Å². The summed E-state index contributed by atoms with van der Waals surface area (Å²) in [5, 5.41) is 0. The summed E-state index contributed by atoms with van der Waals surface area (Å²) in [5.74, 6) is -0.462. The van der Waals surface area contributed by atoms with Crippen LogP contribution in [-0.2, 0) is 55.9 Å². The molecule has 0 bridgehead atoms. The Morgan fingerprint density at radius 2 is 0.937 bits per heavy atom. The van der Waals surface area contributed by atoms with Crippen molar-refractivity contribution in [3.63, 3.8) is 0 Å². The van der Waals surface area contributed by atoms with Crippen molar-refractivity contribution in [2.24, 2.45) is 0 Å². The van der Waals surface area contributed by atoms with E-state index in [1.807, 2.05) is 19.9 Å². The monoisotopic (exact) mass is 1110 g/mol. The van der Waals surface area contributed by atoms with E-state index in [9.17, 15) is 24.0 Å². The van der Waals surface area contributed by atoms with Crippen LogP contribution in [0, 0.1) is 6.92 Å². The molecule has 12 nitrogen and oxygen atoms in total. The van der Waals surface area contributed by atoms with Crippen molar-refractivity contribution in [3.8, 4) is 11.5 Å². The van der Waals surface area contributed by atoms with Crippen LogP contribution in [0.3, 0.4) is 0 Å². The minimum Gasteiger partial charge on any atom is -0.496 e. The molecule has 1 aromatic rings. The third-order valence-corrected chi connectivity index (χ3v) is 15.3. The summed E-state index contributed by atoms with van der Waals surface area (Å²) in [6, 6.07) is 0. The molecule has 1 aromatic carbocycles. The molecule has 0 spiro atoms. The Hall–Kier alpha value is -4.35. The van der Waals surface area contributed by atoms with Gasteiger partial charge in [0.2, 0.25) is 0 Å². The molecule has 1 heterocycles. The van der Waals surface area contributed by atoms with Gasteiger partial charge in [-0.3, -0.25) is 19.2 Å². The maximum Gasteiger partial charge on any atom is 0.342 e. The van der Waals surface area contributed by atoms with E-state index in [-0.39, 0.29) is 63.1 Å². The van der Waals surface area contributed by atoms with E-state index in [0.717, 1.165) is 112 Å². The fraction of sp³-hybridized carbons (Fsp3) is 0.776. The summed E-state index contributed by atoms with van der Waals surface area (Å²) in [5.41, 5.74) is 3.88. The van der Waals surface area contributed by atoms with Gasteiger partial charge in [-0.2, -0.15) is 0 Å². The maximum absolute atomic E-state index is 12.9. The maximum atomic E-state index is 12.9. The molecule has 0 atom stereocenters. The van der Waals surface area contributed by atoms with Gasteiger partial charge in [0, 0.05) is 36.8 Å². The summed E-state index contributed by atoms with van der Waals surface area (Å²) in [6.07, 6.45) is 46.0. The summed E-state index contributed by atoms with van der Waals surface area (Å²) in [6.45, 7) is 12.8. The van der Waals surface area contributed by atoms with Crippen molar-refractivity contribution in [1.82, 2.24) is 0 Å².